The monoisotopic (exact) mass is 544 g/mol. The molecule has 2 aromatic carbocycles. The van der Waals surface area contributed by atoms with Crippen molar-refractivity contribution >= 4 is 60.8 Å². The van der Waals surface area contributed by atoms with Crippen molar-refractivity contribution in [1.82, 2.24) is 15.4 Å². The summed E-state index contributed by atoms with van der Waals surface area (Å²) in [6.45, 7) is 0. The molecular weight excluding hydrogens is 531 g/mol. The molecule has 10 nitrogen and oxygen atoms in total. The maximum atomic E-state index is 12.6. The maximum Gasteiger partial charge on any atom is 0.560 e. The average Bonchev–Trinajstić information content (AvgIpc) is 2.73. The highest BCUT2D eigenvalue weighted by Gasteiger charge is 2.10. The Morgan fingerprint density at radius 2 is 1.83 bits per heavy atom. The molecular formula is C17H15Br2FN6O4. The quantitative estimate of drug-likeness (QED) is 0.391. The molecule has 1 aliphatic heterocycles. The van der Waals surface area contributed by atoms with Gasteiger partial charge in [-0.2, -0.15) is 10.3 Å². The van der Waals surface area contributed by atoms with Gasteiger partial charge < -0.3 is 21.0 Å². The normalized spacial score (nSPS) is 12.0. The Balaban J connectivity index is 0.000000164. The Kier molecular flexibility index (Phi) is 8.55. The van der Waals surface area contributed by atoms with E-state index in [4.69, 9.17) is 16.2 Å². The standard InChI is InChI=1S/C8H6BrN3.C7H6BrFO.C2H3N3O3/c9-6-1-2-7-5(3-6)4-11-8(10)12-7;1-10-7-4-5(8)2-3-6(7)9;3-1-4-7-2(6)8-5-1/h1-4H,(H2,10,11,12);2-4H,1H3;(H3,3,4,5). The van der Waals surface area contributed by atoms with Crippen molar-refractivity contribution in [1.29, 1.82) is 0 Å². The van der Waals surface area contributed by atoms with Gasteiger partial charge in [0.15, 0.2) is 11.6 Å². The topological polar surface area (TPSA) is 147 Å². The number of carbonyl (C=O) groups excluding carboxylic acids is 1. The van der Waals surface area contributed by atoms with Crippen molar-refractivity contribution < 1.29 is 23.6 Å². The summed E-state index contributed by atoms with van der Waals surface area (Å²) >= 11 is 6.55. The van der Waals surface area contributed by atoms with Gasteiger partial charge in [-0.05, 0) is 41.6 Å². The second-order valence-electron chi connectivity index (χ2n) is 5.23. The molecule has 0 aliphatic carbocycles. The van der Waals surface area contributed by atoms with Crippen LogP contribution in [0.15, 0.2) is 56.7 Å². The summed E-state index contributed by atoms with van der Waals surface area (Å²) in [6.07, 6.45) is 0.793. The van der Waals surface area contributed by atoms with Crippen molar-refractivity contribution in [3.63, 3.8) is 0 Å². The van der Waals surface area contributed by atoms with Crippen LogP contribution in [0.2, 0.25) is 0 Å². The van der Waals surface area contributed by atoms with E-state index in [1.54, 1.807) is 18.3 Å². The van der Waals surface area contributed by atoms with Crippen LogP contribution < -0.4 is 21.7 Å². The van der Waals surface area contributed by atoms with Gasteiger partial charge in [0.05, 0.1) is 12.6 Å². The van der Waals surface area contributed by atoms with Crippen LogP contribution in [0.25, 0.3) is 10.9 Å². The zero-order valence-electron chi connectivity index (χ0n) is 15.3. The average molecular weight is 546 g/mol. The fourth-order valence-electron chi connectivity index (χ4n) is 1.87. The number of nitrogens with two attached hydrogens (primary N) is 2. The summed E-state index contributed by atoms with van der Waals surface area (Å²) in [5.74, 6) is 0.148. The van der Waals surface area contributed by atoms with E-state index in [2.05, 4.69) is 56.7 Å². The number of hydrogen-bond donors (Lipinski definition) is 3. The van der Waals surface area contributed by atoms with Gasteiger partial charge >= 0.3 is 6.16 Å². The van der Waals surface area contributed by atoms with Crippen molar-refractivity contribution in [3.05, 3.63) is 57.4 Å². The van der Waals surface area contributed by atoms with Crippen LogP contribution in [0.5, 0.6) is 5.75 Å². The first-order chi connectivity index (χ1) is 14.3. The van der Waals surface area contributed by atoms with Crippen LogP contribution in [-0.4, -0.2) is 29.2 Å². The minimum atomic E-state index is -0.917. The van der Waals surface area contributed by atoms with Gasteiger partial charge in [-0.25, -0.2) is 14.4 Å². The first kappa shape index (κ1) is 23.1. The molecule has 5 N–H and O–H groups in total. The van der Waals surface area contributed by atoms with Gasteiger partial charge in [0.1, 0.15) is 0 Å². The van der Waals surface area contributed by atoms with E-state index in [-0.39, 0.29) is 17.5 Å². The summed E-state index contributed by atoms with van der Waals surface area (Å²) < 4.78 is 19.2. The van der Waals surface area contributed by atoms with E-state index in [0.717, 1.165) is 19.8 Å². The fraction of sp³-hybridized carbons (Fsp3) is 0.0588. The Labute approximate surface area is 186 Å². The largest absolute Gasteiger partial charge is 0.560 e. The molecule has 3 aromatic rings. The summed E-state index contributed by atoms with van der Waals surface area (Å²) in [5, 5.41) is 4.00. The zero-order valence-corrected chi connectivity index (χ0v) is 18.5. The smallest absolute Gasteiger partial charge is 0.494 e. The zero-order chi connectivity index (χ0) is 22.1. The van der Waals surface area contributed by atoms with Crippen molar-refractivity contribution in [2.45, 2.75) is 0 Å². The first-order valence-electron chi connectivity index (χ1n) is 7.92. The van der Waals surface area contributed by atoms with Gasteiger partial charge in [0.2, 0.25) is 5.95 Å². The minimum absolute atomic E-state index is 0.0791. The van der Waals surface area contributed by atoms with Crippen molar-refractivity contribution in [2.24, 2.45) is 10.9 Å². The number of fused-ring (bicyclic) bond motifs is 1. The maximum absolute atomic E-state index is 12.6. The number of methoxy groups -OCH3 is 1. The second kappa shape index (κ2) is 11.1. The van der Waals surface area contributed by atoms with Crippen LogP contribution in [0, 0.1) is 5.82 Å². The molecule has 0 unspecified atom stereocenters. The lowest BCUT2D eigenvalue weighted by Gasteiger charge is -2.06. The third-order valence-corrected chi connectivity index (χ3v) is 4.12. The number of ether oxygens (including phenoxy) is 1. The lowest BCUT2D eigenvalue weighted by Crippen LogP contribution is -2.37. The van der Waals surface area contributed by atoms with Gasteiger partial charge in [-0.1, -0.05) is 31.9 Å². The van der Waals surface area contributed by atoms with Crippen molar-refractivity contribution in [3.8, 4) is 5.75 Å². The lowest BCUT2D eigenvalue weighted by molar-refractivity contribution is 0.0198. The lowest BCUT2D eigenvalue weighted by atomic mass is 10.2. The van der Waals surface area contributed by atoms with Gasteiger partial charge in [-0.3, -0.25) is 4.84 Å². The number of aromatic nitrogens is 2. The highest BCUT2D eigenvalue weighted by molar-refractivity contribution is 9.10. The Bertz CT molecular complexity index is 1030. The molecule has 0 amide bonds. The molecule has 4 rings (SSSR count). The van der Waals surface area contributed by atoms with Crippen molar-refractivity contribution in [2.75, 3.05) is 12.8 Å². The van der Waals surface area contributed by atoms with Crippen LogP contribution in [0.1, 0.15) is 0 Å². The number of guanidine groups is 1. The van der Waals surface area contributed by atoms with Gasteiger partial charge in [0.25, 0.3) is 5.96 Å². The third-order valence-electron chi connectivity index (χ3n) is 3.13. The number of nitrogens with zero attached hydrogens (tertiary/aromatic N) is 3. The number of nitrogens with one attached hydrogen (secondary N) is 1. The highest BCUT2D eigenvalue weighted by Crippen LogP contribution is 2.21. The van der Waals surface area contributed by atoms with Crippen LogP contribution in [-0.2, 0) is 9.68 Å². The predicted octanol–water partition coefficient (Wildman–Crippen LogP) is 3.46. The molecule has 158 valence electrons. The van der Waals surface area contributed by atoms with Crippen LogP contribution >= 0.6 is 31.9 Å². The van der Waals surface area contributed by atoms with Crippen LogP contribution in [0.4, 0.5) is 15.1 Å². The number of oxime groups is 1. The molecule has 0 atom stereocenters. The molecule has 0 radical (unpaired) electrons. The third kappa shape index (κ3) is 7.33. The molecule has 0 bridgehead atoms. The number of anilines is 1. The summed E-state index contributed by atoms with van der Waals surface area (Å²) in [4.78, 5) is 25.8. The van der Waals surface area contributed by atoms with E-state index in [9.17, 15) is 9.18 Å². The summed E-state index contributed by atoms with van der Waals surface area (Å²) in [6, 6.07) is 10.3. The number of rotatable bonds is 1. The van der Waals surface area contributed by atoms with E-state index >= 15 is 0 Å². The summed E-state index contributed by atoms with van der Waals surface area (Å²) in [7, 11) is 1.44. The van der Waals surface area contributed by atoms with E-state index in [1.807, 2.05) is 23.7 Å². The second-order valence-corrected chi connectivity index (χ2v) is 7.06. The number of halogens is 3. The van der Waals surface area contributed by atoms with Gasteiger partial charge in [0, 0.05) is 20.5 Å². The molecule has 0 spiro atoms. The SMILES string of the molecule is COc1cc(Br)ccc1F.NC1=NOC(=O)ON1.Nc1ncc2cc(Br)ccc2n1. The Morgan fingerprint density at radius 1 is 1.13 bits per heavy atom. The molecule has 2 heterocycles. The van der Waals surface area contributed by atoms with Crippen LogP contribution in [0.3, 0.4) is 0 Å². The summed E-state index contributed by atoms with van der Waals surface area (Å²) in [5.41, 5.74) is 13.2. The minimum Gasteiger partial charge on any atom is -0.494 e. The van der Waals surface area contributed by atoms with Gasteiger partial charge in [-0.15, -0.1) is 0 Å². The number of hydroxylamine groups is 1. The number of benzene rings is 2. The number of hydrogen-bond acceptors (Lipinski definition) is 10. The Hall–Kier alpha value is -3.19. The molecule has 1 aliphatic rings. The number of nitrogen functional groups attached to an aromatic ring is 1. The molecule has 13 heteroatoms. The predicted molar refractivity (Wildman–Crippen MR) is 115 cm³/mol. The molecule has 0 saturated carbocycles. The Morgan fingerprint density at radius 3 is 2.43 bits per heavy atom. The molecule has 30 heavy (non-hydrogen) atoms. The first-order valence-corrected chi connectivity index (χ1v) is 9.51. The van der Waals surface area contributed by atoms with E-state index in [0.29, 0.717) is 5.95 Å². The van der Waals surface area contributed by atoms with E-state index < -0.39 is 6.16 Å². The molecule has 1 aromatic heterocycles. The van der Waals surface area contributed by atoms with E-state index in [1.165, 1.54) is 13.2 Å². The molecule has 0 fully saturated rings. The molecule has 0 saturated heterocycles. The highest BCUT2D eigenvalue weighted by atomic mass is 79.9. The number of carbonyl (C=O) groups is 1. The fourth-order valence-corrected chi connectivity index (χ4v) is 2.59.